The van der Waals surface area contributed by atoms with E-state index in [4.69, 9.17) is 5.11 Å². The standard InChI is InChI=1S/C14H16N2O4/c1-8-12(9-5-3-4-6-10(9)15-8)13(18)16-11(7-17)14(19)20-2/h3-6,11,15,17H,7H2,1-2H3,(H,16,18). The average molecular weight is 276 g/mol. The van der Waals surface area contributed by atoms with Gasteiger partial charge in [-0.05, 0) is 13.0 Å². The number of methoxy groups -OCH3 is 1. The molecule has 0 bridgehead atoms. The van der Waals surface area contributed by atoms with E-state index >= 15 is 0 Å². The number of carbonyl (C=O) groups is 2. The van der Waals surface area contributed by atoms with Crippen LogP contribution in [0.1, 0.15) is 16.1 Å². The Morgan fingerprint density at radius 1 is 1.40 bits per heavy atom. The van der Waals surface area contributed by atoms with Crippen molar-refractivity contribution in [3.8, 4) is 0 Å². The summed E-state index contributed by atoms with van der Waals surface area (Å²) in [6, 6.07) is 6.31. The third-order valence-electron chi connectivity index (χ3n) is 3.09. The van der Waals surface area contributed by atoms with E-state index in [9.17, 15) is 9.59 Å². The van der Waals surface area contributed by atoms with Gasteiger partial charge in [0.25, 0.3) is 5.91 Å². The lowest BCUT2D eigenvalue weighted by atomic mass is 10.1. The monoisotopic (exact) mass is 276 g/mol. The van der Waals surface area contributed by atoms with Gasteiger partial charge in [-0.1, -0.05) is 18.2 Å². The molecule has 0 radical (unpaired) electrons. The van der Waals surface area contributed by atoms with E-state index in [1.165, 1.54) is 7.11 Å². The summed E-state index contributed by atoms with van der Waals surface area (Å²) in [5, 5.41) is 12.4. The number of aliphatic hydroxyl groups excluding tert-OH is 1. The molecule has 2 aromatic rings. The molecule has 0 saturated carbocycles. The van der Waals surface area contributed by atoms with Gasteiger partial charge in [0.1, 0.15) is 0 Å². The molecule has 1 unspecified atom stereocenters. The second kappa shape index (κ2) is 5.75. The van der Waals surface area contributed by atoms with E-state index in [0.29, 0.717) is 11.3 Å². The fraction of sp³-hybridized carbons (Fsp3) is 0.286. The molecule has 0 aliphatic heterocycles. The van der Waals surface area contributed by atoms with Crippen LogP contribution in [-0.2, 0) is 9.53 Å². The van der Waals surface area contributed by atoms with Crippen LogP contribution in [-0.4, -0.2) is 41.7 Å². The van der Waals surface area contributed by atoms with Gasteiger partial charge in [0.05, 0.1) is 19.3 Å². The van der Waals surface area contributed by atoms with E-state index < -0.39 is 24.5 Å². The number of aromatic amines is 1. The highest BCUT2D eigenvalue weighted by molar-refractivity contribution is 6.09. The molecular formula is C14H16N2O4. The van der Waals surface area contributed by atoms with Crippen molar-refractivity contribution in [2.75, 3.05) is 13.7 Å². The van der Waals surface area contributed by atoms with Gasteiger partial charge < -0.3 is 20.1 Å². The molecule has 0 spiro atoms. The predicted octanol–water partition coefficient (Wildman–Crippen LogP) is 0.740. The van der Waals surface area contributed by atoms with Gasteiger partial charge in [0.2, 0.25) is 0 Å². The average Bonchev–Trinajstić information content (AvgIpc) is 2.79. The number of hydrogen-bond acceptors (Lipinski definition) is 4. The molecule has 1 atom stereocenters. The highest BCUT2D eigenvalue weighted by Crippen LogP contribution is 2.21. The van der Waals surface area contributed by atoms with Crippen LogP contribution in [0.3, 0.4) is 0 Å². The van der Waals surface area contributed by atoms with Crippen LogP contribution in [0.2, 0.25) is 0 Å². The molecule has 0 saturated heterocycles. The van der Waals surface area contributed by atoms with Crippen LogP contribution < -0.4 is 5.32 Å². The molecule has 20 heavy (non-hydrogen) atoms. The van der Waals surface area contributed by atoms with Crippen LogP contribution >= 0.6 is 0 Å². The lowest BCUT2D eigenvalue weighted by molar-refractivity contribution is -0.143. The molecule has 2 rings (SSSR count). The van der Waals surface area contributed by atoms with Crippen molar-refractivity contribution in [2.45, 2.75) is 13.0 Å². The van der Waals surface area contributed by atoms with Gasteiger partial charge in [-0.2, -0.15) is 0 Å². The first-order valence-corrected chi connectivity index (χ1v) is 6.15. The van der Waals surface area contributed by atoms with Gasteiger partial charge in [-0.3, -0.25) is 4.79 Å². The van der Waals surface area contributed by atoms with Gasteiger partial charge in [0, 0.05) is 16.6 Å². The highest BCUT2D eigenvalue weighted by Gasteiger charge is 2.23. The predicted molar refractivity (Wildman–Crippen MR) is 73.4 cm³/mol. The van der Waals surface area contributed by atoms with Gasteiger partial charge in [0.15, 0.2) is 6.04 Å². The second-order valence-electron chi connectivity index (χ2n) is 4.40. The van der Waals surface area contributed by atoms with Crippen molar-refractivity contribution in [1.82, 2.24) is 10.3 Å². The maximum absolute atomic E-state index is 12.3. The Morgan fingerprint density at radius 2 is 2.10 bits per heavy atom. The first-order valence-electron chi connectivity index (χ1n) is 6.15. The molecule has 1 aromatic carbocycles. The van der Waals surface area contributed by atoms with Gasteiger partial charge in [-0.25, -0.2) is 4.79 Å². The first-order chi connectivity index (χ1) is 9.58. The number of carbonyl (C=O) groups excluding carboxylic acids is 2. The Balaban J connectivity index is 2.32. The number of benzene rings is 1. The quantitative estimate of drug-likeness (QED) is 0.718. The minimum absolute atomic E-state index is 0.426. The Labute approximate surface area is 115 Å². The molecule has 1 aromatic heterocycles. The third-order valence-corrected chi connectivity index (χ3v) is 3.09. The van der Waals surface area contributed by atoms with Crippen LogP contribution in [0.25, 0.3) is 10.9 Å². The minimum atomic E-state index is -1.07. The lowest BCUT2D eigenvalue weighted by Gasteiger charge is -2.13. The number of nitrogens with one attached hydrogen (secondary N) is 2. The summed E-state index contributed by atoms with van der Waals surface area (Å²) in [5.74, 6) is -1.11. The topological polar surface area (TPSA) is 91.4 Å². The molecule has 3 N–H and O–H groups in total. The first kappa shape index (κ1) is 14.1. The Bertz CT molecular complexity index is 648. The molecule has 0 fully saturated rings. The normalized spacial score (nSPS) is 12.2. The maximum Gasteiger partial charge on any atom is 0.330 e. The summed E-state index contributed by atoms with van der Waals surface area (Å²) >= 11 is 0. The van der Waals surface area contributed by atoms with Crippen LogP contribution in [0.5, 0.6) is 0 Å². The Morgan fingerprint density at radius 3 is 2.75 bits per heavy atom. The van der Waals surface area contributed by atoms with E-state index in [2.05, 4.69) is 15.0 Å². The SMILES string of the molecule is COC(=O)C(CO)NC(=O)c1c(C)[nH]c2ccccc12. The highest BCUT2D eigenvalue weighted by atomic mass is 16.5. The fourth-order valence-corrected chi connectivity index (χ4v) is 2.12. The van der Waals surface area contributed by atoms with E-state index in [-0.39, 0.29) is 0 Å². The molecule has 1 amide bonds. The Hall–Kier alpha value is -2.34. The molecule has 0 aliphatic rings. The number of para-hydroxylation sites is 1. The molecule has 6 heteroatoms. The second-order valence-corrected chi connectivity index (χ2v) is 4.40. The molecule has 1 heterocycles. The van der Waals surface area contributed by atoms with Gasteiger partial charge >= 0.3 is 5.97 Å². The number of aryl methyl sites for hydroxylation is 1. The number of aromatic nitrogens is 1. The van der Waals surface area contributed by atoms with Crippen molar-refractivity contribution in [3.05, 3.63) is 35.5 Å². The maximum atomic E-state index is 12.3. The zero-order valence-corrected chi connectivity index (χ0v) is 11.3. The van der Waals surface area contributed by atoms with Crippen molar-refractivity contribution in [2.24, 2.45) is 0 Å². The molecule has 6 nitrogen and oxygen atoms in total. The molecular weight excluding hydrogens is 260 g/mol. The number of H-pyrrole nitrogens is 1. The largest absolute Gasteiger partial charge is 0.467 e. The zero-order chi connectivity index (χ0) is 14.7. The van der Waals surface area contributed by atoms with E-state index in [1.807, 2.05) is 24.3 Å². The summed E-state index contributed by atoms with van der Waals surface area (Å²) in [6.45, 7) is 1.26. The summed E-state index contributed by atoms with van der Waals surface area (Å²) in [5.41, 5.74) is 2.00. The lowest BCUT2D eigenvalue weighted by Crippen LogP contribution is -2.44. The number of hydrogen-bond donors (Lipinski definition) is 3. The zero-order valence-electron chi connectivity index (χ0n) is 11.3. The summed E-state index contributed by atoms with van der Waals surface area (Å²) in [6.07, 6.45) is 0. The summed E-state index contributed by atoms with van der Waals surface area (Å²) < 4.78 is 4.52. The van der Waals surface area contributed by atoms with Crippen LogP contribution in [0, 0.1) is 6.92 Å². The fourth-order valence-electron chi connectivity index (χ4n) is 2.12. The number of amides is 1. The summed E-state index contributed by atoms with van der Waals surface area (Å²) in [4.78, 5) is 26.8. The number of rotatable bonds is 4. The summed E-state index contributed by atoms with van der Waals surface area (Å²) in [7, 11) is 1.20. The number of ether oxygens (including phenoxy) is 1. The van der Waals surface area contributed by atoms with Crippen LogP contribution in [0.15, 0.2) is 24.3 Å². The Kier molecular flexibility index (Phi) is 4.05. The van der Waals surface area contributed by atoms with Crippen molar-refractivity contribution in [1.29, 1.82) is 0 Å². The van der Waals surface area contributed by atoms with Crippen LogP contribution in [0.4, 0.5) is 0 Å². The minimum Gasteiger partial charge on any atom is -0.467 e. The van der Waals surface area contributed by atoms with Crippen molar-refractivity contribution in [3.63, 3.8) is 0 Å². The van der Waals surface area contributed by atoms with E-state index in [1.54, 1.807) is 6.92 Å². The molecule has 0 aliphatic carbocycles. The number of fused-ring (bicyclic) bond motifs is 1. The smallest absolute Gasteiger partial charge is 0.330 e. The van der Waals surface area contributed by atoms with E-state index in [0.717, 1.165) is 10.9 Å². The molecule has 106 valence electrons. The van der Waals surface area contributed by atoms with Gasteiger partial charge in [-0.15, -0.1) is 0 Å². The van der Waals surface area contributed by atoms with Crippen molar-refractivity contribution < 1.29 is 19.4 Å². The van der Waals surface area contributed by atoms with Crippen molar-refractivity contribution >= 4 is 22.8 Å². The number of esters is 1. The number of aliphatic hydroxyl groups is 1. The third kappa shape index (κ3) is 2.50.